The van der Waals surface area contributed by atoms with Crippen LogP contribution < -0.4 is 10.6 Å². The van der Waals surface area contributed by atoms with Gasteiger partial charge in [-0.05, 0) is 59.8 Å². The van der Waals surface area contributed by atoms with Crippen LogP contribution in [0.15, 0.2) is 48.5 Å². The second-order valence-corrected chi connectivity index (χ2v) is 10.5. The van der Waals surface area contributed by atoms with Gasteiger partial charge in [0.1, 0.15) is 12.1 Å². The van der Waals surface area contributed by atoms with Crippen molar-refractivity contribution in [2.45, 2.75) is 56.9 Å². The lowest BCUT2D eigenvalue weighted by molar-refractivity contribution is -0.166. The molecular weight excluding hydrogens is 444 g/mol. The Bertz CT molecular complexity index is 1100. The molecule has 0 aromatic heterocycles. The summed E-state index contributed by atoms with van der Waals surface area (Å²) in [6.45, 7) is 2.26. The SMILES string of the molecule is CC(CCNC(=O)OCC1c2ccccc2-c2ccccc21)C(=O)NC1(C(=O)O)CC2(CCC2)C1. The summed E-state index contributed by atoms with van der Waals surface area (Å²) in [5.41, 5.74) is 3.64. The first-order valence-electron chi connectivity index (χ1n) is 12.5. The molecule has 5 rings (SSSR count). The minimum absolute atomic E-state index is 0.00787. The zero-order valence-corrected chi connectivity index (χ0v) is 20.0. The van der Waals surface area contributed by atoms with Crippen LogP contribution in [0, 0.1) is 11.3 Å². The van der Waals surface area contributed by atoms with Gasteiger partial charge in [-0.1, -0.05) is 61.9 Å². The Morgan fingerprint density at radius 2 is 1.63 bits per heavy atom. The molecule has 3 N–H and O–H groups in total. The summed E-state index contributed by atoms with van der Waals surface area (Å²) < 4.78 is 5.53. The van der Waals surface area contributed by atoms with Crippen LogP contribution in [0.4, 0.5) is 4.79 Å². The average molecular weight is 477 g/mol. The molecule has 2 saturated carbocycles. The lowest BCUT2D eigenvalue weighted by Crippen LogP contribution is -2.68. The minimum Gasteiger partial charge on any atom is -0.480 e. The third kappa shape index (κ3) is 4.28. The third-order valence-corrected chi connectivity index (χ3v) is 8.18. The van der Waals surface area contributed by atoms with Crippen LogP contribution in [0.3, 0.4) is 0 Å². The number of rotatable bonds is 8. The number of hydrogen-bond acceptors (Lipinski definition) is 4. The molecule has 0 bridgehead atoms. The van der Waals surface area contributed by atoms with E-state index in [1.807, 2.05) is 24.3 Å². The van der Waals surface area contributed by atoms with Crippen LogP contribution in [0.2, 0.25) is 0 Å². The van der Waals surface area contributed by atoms with Crippen LogP contribution in [0.1, 0.15) is 62.5 Å². The van der Waals surface area contributed by atoms with Crippen molar-refractivity contribution in [3.05, 3.63) is 59.7 Å². The van der Waals surface area contributed by atoms with Crippen LogP contribution in [-0.2, 0) is 14.3 Å². The molecule has 1 unspecified atom stereocenters. The molecule has 2 amide bonds. The molecule has 2 fully saturated rings. The van der Waals surface area contributed by atoms with Gasteiger partial charge in [0.2, 0.25) is 5.91 Å². The van der Waals surface area contributed by atoms with E-state index in [0.717, 1.165) is 30.4 Å². The highest BCUT2D eigenvalue weighted by atomic mass is 16.5. The van der Waals surface area contributed by atoms with Crippen molar-refractivity contribution in [2.75, 3.05) is 13.2 Å². The summed E-state index contributed by atoms with van der Waals surface area (Å²) in [4.78, 5) is 36.9. The van der Waals surface area contributed by atoms with Gasteiger partial charge in [0, 0.05) is 18.4 Å². The molecular formula is C28H32N2O5. The predicted octanol–water partition coefficient (Wildman–Crippen LogP) is 4.46. The number of benzene rings is 2. The molecule has 184 valence electrons. The normalized spacial score (nSPS) is 19.5. The third-order valence-electron chi connectivity index (χ3n) is 8.18. The number of alkyl carbamates (subject to hydrolysis) is 1. The van der Waals surface area contributed by atoms with Gasteiger partial charge >= 0.3 is 12.1 Å². The molecule has 0 saturated heterocycles. The number of carbonyl (C=O) groups is 3. The Labute approximate surface area is 205 Å². The van der Waals surface area contributed by atoms with E-state index in [9.17, 15) is 19.5 Å². The highest BCUT2D eigenvalue weighted by Gasteiger charge is 2.61. The van der Waals surface area contributed by atoms with Crippen molar-refractivity contribution >= 4 is 18.0 Å². The van der Waals surface area contributed by atoms with E-state index < -0.39 is 23.5 Å². The average Bonchev–Trinajstić information content (AvgIpc) is 3.12. The zero-order chi connectivity index (χ0) is 24.6. The van der Waals surface area contributed by atoms with Crippen molar-refractivity contribution in [3.8, 4) is 11.1 Å². The lowest BCUT2D eigenvalue weighted by atomic mass is 9.48. The van der Waals surface area contributed by atoms with Gasteiger partial charge in [-0.3, -0.25) is 4.79 Å². The standard InChI is InChI=1S/C28H32N2O5/c1-18(24(31)30-28(25(32)33)16-27(17-28)12-6-13-27)11-14-29-26(34)35-15-23-21-9-4-2-7-19(21)20-8-3-5-10-22(20)23/h2-5,7-10,18,23H,6,11-17H2,1H3,(H,29,34)(H,30,31)(H,32,33). The molecule has 0 aliphatic heterocycles. The Hall–Kier alpha value is -3.35. The molecule has 7 nitrogen and oxygen atoms in total. The number of fused-ring (bicyclic) bond motifs is 3. The summed E-state index contributed by atoms with van der Waals surface area (Å²) in [7, 11) is 0. The predicted molar refractivity (Wildman–Crippen MR) is 131 cm³/mol. The number of amides is 2. The molecule has 35 heavy (non-hydrogen) atoms. The van der Waals surface area contributed by atoms with Crippen molar-refractivity contribution in [2.24, 2.45) is 11.3 Å². The van der Waals surface area contributed by atoms with Crippen LogP contribution in [0.25, 0.3) is 11.1 Å². The summed E-state index contributed by atoms with van der Waals surface area (Å²) >= 11 is 0. The van der Waals surface area contributed by atoms with E-state index in [0.29, 0.717) is 19.3 Å². The molecule has 3 aliphatic rings. The van der Waals surface area contributed by atoms with Gasteiger partial charge in [-0.15, -0.1) is 0 Å². The summed E-state index contributed by atoms with van der Waals surface area (Å²) in [6, 6.07) is 16.3. The molecule has 2 aromatic rings. The second-order valence-electron chi connectivity index (χ2n) is 10.5. The van der Waals surface area contributed by atoms with E-state index in [1.54, 1.807) is 6.92 Å². The first-order valence-corrected chi connectivity index (χ1v) is 12.5. The second kappa shape index (κ2) is 9.02. The van der Waals surface area contributed by atoms with Gasteiger partial charge < -0.3 is 20.5 Å². The van der Waals surface area contributed by atoms with E-state index in [1.165, 1.54) is 11.1 Å². The maximum Gasteiger partial charge on any atom is 0.407 e. The summed E-state index contributed by atoms with van der Waals surface area (Å²) in [6.07, 6.45) is 4.16. The number of hydrogen-bond donors (Lipinski definition) is 3. The van der Waals surface area contributed by atoms with Crippen LogP contribution in [0.5, 0.6) is 0 Å². The molecule has 0 heterocycles. The van der Waals surface area contributed by atoms with Crippen LogP contribution in [-0.4, -0.2) is 41.8 Å². The number of aliphatic carboxylic acids is 1. The van der Waals surface area contributed by atoms with Crippen molar-refractivity contribution in [3.63, 3.8) is 0 Å². The van der Waals surface area contributed by atoms with Crippen LogP contribution >= 0.6 is 0 Å². The molecule has 0 radical (unpaired) electrons. The highest BCUT2D eigenvalue weighted by Crippen LogP contribution is 2.60. The summed E-state index contributed by atoms with van der Waals surface area (Å²) in [5, 5.41) is 15.2. The first kappa shape index (κ1) is 23.4. The maximum absolute atomic E-state index is 12.7. The maximum atomic E-state index is 12.7. The molecule has 7 heteroatoms. The number of ether oxygens (including phenoxy) is 1. The Kier molecular flexibility index (Phi) is 6.03. The smallest absolute Gasteiger partial charge is 0.407 e. The summed E-state index contributed by atoms with van der Waals surface area (Å²) in [5.74, 6) is -1.66. The Morgan fingerprint density at radius 1 is 1.03 bits per heavy atom. The fourth-order valence-corrected chi connectivity index (χ4v) is 6.08. The van der Waals surface area contributed by atoms with Crippen molar-refractivity contribution in [1.82, 2.24) is 10.6 Å². The monoisotopic (exact) mass is 476 g/mol. The Balaban J connectivity index is 1.08. The van der Waals surface area contributed by atoms with Gasteiger partial charge in [0.05, 0.1) is 0 Å². The molecule has 2 aromatic carbocycles. The highest BCUT2D eigenvalue weighted by molar-refractivity contribution is 5.89. The van der Waals surface area contributed by atoms with E-state index in [4.69, 9.17) is 4.74 Å². The van der Waals surface area contributed by atoms with Gasteiger partial charge in [-0.25, -0.2) is 9.59 Å². The van der Waals surface area contributed by atoms with Gasteiger partial charge in [0.15, 0.2) is 0 Å². The fourth-order valence-electron chi connectivity index (χ4n) is 6.08. The lowest BCUT2D eigenvalue weighted by Gasteiger charge is -2.59. The van der Waals surface area contributed by atoms with E-state index >= 15 is 0 Å². The number of nitrogens with one attached hydrogen (secondary N) is 2. The quantitative estimate of drug-likeness (QED) is 0.522. The molecule has 1 atom stereocenters. The zero-order valence-electron chi connectivity index (χ0n) is 20.0. The molecule has 1 spiro atoms. The van der Waals surface area contributed by atoms with Crippen molar-refractivity contribution in [1.29, 1.82) is 0 Å². The Morgan fingerprint density at radius 3 is 2.17 bits per heavy atom. The van der Waals surface area contributed by atoms with Gasteiger partial charge in [0.25, 0.3) is 0 Å². The number of carboxylic acid groups (broad SMARTS) is 1. The fraction of sp³-hybridized carbons (Fsp3) is 0.464. The molecule has 3 aliphatic carbocycles. The number of carbonyl (C=O) groups excluding carboxylic acids is 2. The largest absolute Gasteiger partial charge is 0.480 e. The number of carboxylic acids is 1. The topological polar surface area (TPSA) is 105 Å². The van der Waals surface area contributed by atoms with Crippen molar-refractivity contribution < 1.29 is 24.2 Å². The van der Waals surface area contributed by atoms with E-state index in [2.05, 4.69) is 34.9 Å². The first-order chi connectivity index (χ1) is 16.8. The minimum atomic E-state index is -1.13. The van der Waals surface area contributed by atoms with Gasteiger partial charge in [-0.2, -0.15) is 0 Å². The van der Waals surface area contributed by atoms with E-state index in [-0.39, 0.29) is 30.4 Å².